The summed E-state index contributed by atoms with van der Waals surface area (Å²) in [7, 11) is -2.30. The summed E-state index contributed by atoms with van der Waals surface area (Å²) in [5.74, 6) is -0.303. The van der Waals surface area contributed by atoms with Crippen molar-refractivity contribution >= 4 is 45.4 Å². The van der Waals surface area contributed by atoms with Crippen molar-refractivity contribution in [2.75, 3.05) is 11.8 Å². The summed E-state index contributed by atoms with van der Waals surface area (Å²) < 4.78 is 34.2. The molecule has 1 aromatic carbocycles. The zero-order chi connectivity index (χ0) is 18.2. The summed E-state index contributed by atoms with van der Waals surface area (Å²) in [5, 5.41) is 0.328. The summed E-state index contributed by atoms with van der Waals surface area (Å²) in [6, 6.07) is 4.48. The first-order valence-electron chi connectivity index (χ1n) is 6.86. The number of sulfonamides is 1. The molecule has 25 heavy (non-hydrogen) atoms. The van der Waals surface area contributed by atoms with Crippen molar-refractivity contribution in [2.24, 2.45) is 0 Å². The molecule has 0 fully saturated rings. The molecule has 0 aliphatic carbocycles. The van der Waals surface area contributed by atoms with Crippen LogP contribution in [0.2, 0.25) is 5.02 Å². The molecule has 0 saturated heterocycles. The molecule has 1 amide bonds. The van der Waals surface area contributed by atoms with Gasteiger partial charge in [0.25, 0.3) is 0 Å². The Morgan fingerprint density at radius 1 is 1.44 bits per heavy atom. The number of rotatable bonds is 4. The van der Waals surface area contributed by atoms with Gasteiger partial charge in [-0.25, -0.2) is 0 Å². The van der Waals surface area contributed by atoms with Crippen molar-refractivity contribution in [1.82, 2.24) is 12.6 Å². The van der Waals surface area contributed by atoms with Crippen LogP contribution in [0.15, 0.2) is 53.4 Å². The van der Waals surface area contributed by atoms with E-state index in [-0.39, 0.29) is 22.1 Å². The molecule has 2 aliphatic rings. The Hall–Kier alpha value is -1.44. The maximum atomic E-state index is 12.9. The van der Waals surface area contributed by atoms with Gasteiger partial charge in [0, 0.05) is 0 Å². The second kappa shape index (κ2) is 7.05. The van der Waals surface area contributed by atoms with Crippen molar-refractivity contribution in [1.29, 1.82) is 0 Å². The fourth-order valence-electron chi connectivity index (χ4n) is 2.22. The van der Waals surface area contributed by atoms with E-state index in [0.717, 1.165) is 19.4 Å². The molecule has 0 unspecified atom stereocenters. The molecule has 0 saturated carbocycles. The third-order valence-electron chi connectivity index (χ3n) is 3.33. The van der Waals surface area contributed by atoms with Crippen molar-refractivity contribution in [3.63, 3.8) is 0 Å². The predicted molar refractivity (Wildman–Crippen MR) is 94.0 cm³/mol. The van der Waals surface area contributed by atoms with Crippen LogP contribution in [0.3, 0.4) is 0 Å². The average molecular weight is 570 g/mol. The topological polar surface area (TPSA) is 81.8 Å². The summed E-state index contributed by atoms with van der Waals surface area (Å²) in [6.07, 6.45) is 6.49. The predicted octanol–water partition coefficient (Wildman–Crippen LogP) is 2.34. The quantitative estimate of drug-likeness (QED) is 0.542. The number of anilines is 1. The summed E-state index contributed by atoms with van der Waals surface area (Å²) >= 11 is 8.41. The summed E-state index contributed by atoms with van der Waals surface area (Å²) in [5.41, 5.74) is 0.877. The van der Waals surface area contributed by atoms with Crippen LogP contribution >= 0.6 is 23.7 Å². The van der Waals surface area contributed by atoms with Gasteiger partial charge in [0.15, 0.2) is 0 Å². The number of allylic oxidation sites excluding steroid dienone is 2. The Balaban J connectivity index is 1.99. The van der Waals surface area contributed by atoms with Gasteiger partial charge >= 0.3 is 166 Å². The van der Waals surface area contributed by atoms with Crippen LogP contribution in [0.1, 0.15) is 10.4 Å². The minimum atomic E-state index is -3.92. The fourth-order valence-corrected chi connectivity index (χ4v) is 4.69. The third-order valence-corrected chi connectivity index (χ3v) is 6.27. The van der Waals surface area contributed by atoms with E-state index in [1.165, 1.54) is 33.9 Å². The zero-order valence-corrected chi connectivity index (χ0v) is 17.8. The van der Waals surface area contributed by atoms with Gasteiger partial charge in [-0.3, -0.25) is 0 Å². The average Bonchev–Trinajstić information content (AvgIpc) is 3.02. The van der Waals surface area contributed by atoms with Crippen molar-refractivity contribution in [3.8, 4) is 0 Å². The van der Waals surface area contributed by atoms with Crippen molar-refractivity contribution < 1.29 is 32.7 Å². The van der Waals surface area contributed by atoms with Crippen LogP contribution < -0.4 is 9.44 Å². The van der Waals surface area contributed by atoms with Crippen molar-refractivity contribution in [2.45, 2.75) is 0 Å². The van der Waals surface area contributed by atoms with Crippen LogP contribution in [-0.4, -0.2) is 29.2 Å². The standard InChI is InChI=1S/C14H13ClN4O3S2.Re/c1-16-14(20)10-5-4-9(15)7-11(10)18-24(21,22)13-3-2-6-19-12(13)8-17-23-19;/h2-8,17H,1H3,(H2,16,18,20);/q;+1/p-1. The Labute approximate surface area is 165 Å². The first-order chi connectivity index (χ1) is 11.8. The van der Waals surface area contributed by atoms with E-state index in [0.29, 0.717) is 10.7 Å². The van der Waals surface area contributed by atoms with Crippen molar-refractivity contribution in [3.05, 3.63) is 63.9 Å². The number of carbonyl (C=O) groups is 1. The molecule has 2 heterocycles. The summed E-state index contributed by atoms with van der Waals surface area (Å²) in [6.45, 7) is 0. The van der Waals surface area contributed by atoms with E-state index in [1.807, 2.05) is 0 Å². The fraction of sp³-hybridized carbons (Fsp3) is 0.0714. The molecule has 3 rings (SSSR count). The third kappa shape index (κ3) is 3.73. The van der Waals surface area contributed by atoms with E-state index >= 15 is 0 Å². The van der Waals surface area contributed by atoms with Crippen LogP contribution in [0, 0.1) is 0 Å². The number of hydrogen-bond donors (Lipinski definition) is 2. The first kappa shape index (κ1) is 18.4. The molecule has 11 heteroatoms. The molecular weight excluding hydrogens is 558 g/mol. The Kier molecular flexibility index (Phi) is 5.18. The number of nitrogens with zero attached hydrogens (tertiary/aromatic N) is 2. The van der Waals surface area contributed by atoms with Gasteiger partial charge in [-0.1, -0.05) is 0 Å². The maximum absolute atomic E-state index is 12.9. The zero-order valence-electron chi connectivity index (χ0n) is 12.7. The number of halogens is 1. The number of benzene rings is 1. The molecule has 0 radical (unpaired) electrons. The number of hydrogen-bond acceptors (Lipinski definition) is 6. The molecular formula is C14H12ClN4O3ReS2. The molecule has 0 bridgehead atoms. The van der Waals surface area contributed by atoms with Gasteiger partial charge in [0.05, 0.1) is 0 Å². The van der Waals surface area contributed by atoms with Gasteiger partial charge in [0.2, 0.25) is 0 Å². The van der Waals surface area contributed by atoms with E-state index in [9.17, 15) is 13.2 Å². The van der Waals surface area contributed by atoms with Gasteiger partial charge in [-0.05, 0) is 0 Å². The number of nitrogens with one attached hydrogen (secondary N) is 2. The molecule has 0 aromatic heterocycles. The van der Waals surface area contributed by atoms with Gasteiger partial charge in [0.1, 0.15) is 0 Å². The van der Waals surface area contributed by atoms with Crippen LogP contribution in [-0.2, 0) is 29.5 Å². The Bertz CT molecular complexity index is 928. The first-order valence-corrected chi connectivity index (χ1v) is 10.7. The normalized spacial score (nSPS) is 15.9. The molecule has 132 valence electrons. The molecule has 2 N–H and O–H groups in total. The monoisotopic (exact) mass is 570 g/mol. The number of carbonyl (C=O) groups excluding carboxylic acids is 1. The van der Waals surface area contributed by atoms with E-state index in [1.54, 1.807) is 35.9 Å². The van der Waals surface area contributed by atoms with E-state index in [2.05, 4.69) is 9.44 Å². The molecule has 7 nitrogen and oxygen atoms in total. The molecule has 1 aromatic rings. The minimum absolute atomic E-state index is 0.0967. The second-order valence-electron chi connectivity index (χ2n) is 5.01. The number of amides is 1. The molecule has 0 atom stereocenters. The van der Waals surface area contributed by atoms with E-state index in [4.69, 9.17) is 11.6 Å². The van der Waals surface area contributed by atoms with Gasteiger partial charge in [-0.15, -0.1) is 0 Å². The van der Waals surface area contributed by atoms with Crippen LogP contribution in [0.4, 0.5) is 5.69 Å². The number of fused-ring (bicyclic) bond motifs is 1. The summed E-state index contributed by atoms with van der Waals surface area (Å²) in [4.78, 5) is 12.4. The van der Waals surface area contributed by atoms with Crippen LogP contribution in [0.5, 0.6) is 0 Å². The Morgan fingerprint density at radius 3 is 2.92 bits per heavy atom. The Morgan fingerprint density at radius 2 is 2.20 bits per heavy atom. The van der Waals surface area contributed by atoms with E-state index < -0.39 is 10.0 Å². The molecule has 2 aliphatic heterocycles. The molecule has 0 spiro atoms. The van der Waals surface area contributed by atoms with Gasteiger partial charge in [-0.2, -0.15) is 0 Å². The second-order valence-corrected chi connectivity index (χ2v) is 9.74. The SMILES string of the molecule is C[N]([Re])C(=O)c1ccc(Cl)cc1NS(=O)(=O)C1=CC=CN2SNC=C12. The van der Waals surface area contributed by atoms with Gasteiger partial charge < -0.3 is 0 Å². The van der Waals surface area contributed by atoms with Crippen LogP contribution in [0.25, 0.3) is 0 Å².